The van der Waals surface area contributed by atoms with Crippen molar-refractivity contribution in [1.82, 2.24) is 4.98 Å². The average Bonchev–Trinajstić information content (AvgIpc) is 2.36. The van der Waals surface area contributed by atoms with Crippen LogP contribution in [0, 0.1) is 0 Å². The van der Waals surface area contributed by atoms with Gasteiger partial charge in [-0.05, 0) is 18.9 Å². The summed E-state index contributed by atoms with van der Waals surface area (Å²) < 4.78 is 0. The van der Waals surface area contributed by atoms with E-state index in [4.69, 9.17) is 10.7 Å². The molecule has 19 heavy (non-hydrogen) atoms. The molecule has 1 aromatic rings. The van der Waals surface area contributed by atoms with E-state index in [9.17, 15) is 0 Å². The molecule has 1 rings (SSSR count). The molecule has 2 N–H and O–H groups in total. The van der Waals surface area contributed by atoms with E-state index in [2.05, 4.69) is 51.7 Å². The molecule has 3 nitrogen and oxygen atoms in total. The molecule has 0 aliphatic carbocycles. The molecule has 0 aliphatic heterocycles. The molecule has 108 valence electrons. The summed E-state index contributed by atoms with van der Waals surface area (Å²) in [4.78, 5) is 7.27. The number of anilines is 1. The summed E-state index contributed by atoms with van der Waals surface area (Å²) in [5, 5.41) is 0. The largest absolute Gasteiger partial charge is 0.356 e. The molecule has 0 aromatic carbocycles. The number of aromatic nitrogens is 1. The van der Waals surface area contributed by atoms with E-state index in [1.807, 2.05) is 0 Å². The first kappa shape index (κ1) is 16.0. The number of pyridine rings is 1. The van der Waals surface area contributed by atoms with Crippen molar-refractivity contribution in [3.63, 3.8) is 0 Å². The minimum Gasteiger partial charge on any atom is -0.356 e. The Morgan fingerprint density at radius 2 is 1.68 bits per heavy atom. The fraction of sp³-hybridized carbons (Fsp3) is 0.688. The second-order valence-electron chi connectivity index (χ2n) is 6.12. The van der Waals surface area contributed by atoms with E-state index in [-0.39, 0.29) is 5.41 Å². The van der Waals surface area contributed by atoms with Gasteiger partial charge in [0.05, 0.1) is 0 Å². The summed E-state index contributed by atoms with van der Waals surface area (Å²) in [6, 6.07) is 4.25. The summed E-state index contributed by atoms with van der Waals surface area (Å²) in [6.07, 6.45) is 2.26. The highest BCUT2D eigenvalue weighted by atomic mass is 15.2. The smallest absolute Gasteiger partial charge is 0.133 e. The molecule has 0 spiro atoms. The first-order valence-electron chi connectivity index (χ1n) is 7.39. The van der Waals surface area contributed by atoms with Crippen LogP contribution in [0.1, 0.15) is 58.7 Å². The quantitative estimate of drug-likeness (QED) is 0.854. The minimum atomic E-state index is 0.0754. The average molecular weight is 263 g/mol. The molecule has 0 saturated carbocycles. The highest BCUT2D eigenvalue weighted by Gasteiger charge is 2.19. The third-order valence-electron chi connectivity index (χ3n) is 3.23. The summed E-state index contributed by atoms with van der Waals surface area (Å²) in [5.41, 5.74) is 8.23. The summed E-state index contributed by atoms with van der Waals surface area (Å²) in [5.74, 6) is 1.08. The second-order valence-corrected chi connectivity index (χ2v) is 6.12. The maximum Gasteiger partial charge on any atom is 0.133 e. The van der Waals surface area contributed by atoms with E-state index < -0.39 is 0 Å². The topological polar surface area (TPSA) is 42.2 Å². The van der Waals surface area contributed by atoms with Crippen molar-refractivity contribution in [1.29, 1.82) is 0 Å². The lowest BCUT2D eigenvalue weighted by atomic mass is 9.91. The molecule has 0 fully saturated rings. The molecule has 1 heterocycles. The molecule has 1 aromatic heterocycles. The number of hydrogen-bond acceptors (Lipinski definition) is 3. The van der Waals surface area contributed by atoms with Gasteiger partial charge in [-0.2, -0.15) is 0 Å². The summed E-state index contributed by atoms with van der Waals surface area (Å²) in [6.45, 7) is 13.7. The van der Waals surface area contributed by atoms with Gasteiger partial charge >= 0.3 is 0 Å². The maximum atomic E-state index is 5.87. The van der Waals surface area contributed by atoms with Gasteiger partial charge in [-0.15, -0.1) is 0 Å². The van der Waals surface area contributed by atoms with E-state index in [1.165, 1.54) is 0 Å². The first-order valence-corrected chi connectivity index (χ1v) is 7.39. The van der Waals surface area contributed by atoms with Crippen molar-refractivity contribution in [2.75, 3.05) is 18.0 Å². The highest BCUT2D eigenvalue weighted by Crippen LogP contribution is 2.26. The van der Waals surface area contributed by atoms with Crippen LogP contribution < -0.4 is 10.6 Å². The van der Waals surface area contributed by atoms with Gasteiger partial charge in [0.1, 0.15) is 5.82 Å². The van der Waals surface area contributed by atoms with Crippen LogP contribution in [-0.2, 0) is 12.0 Å². The normalized spacial score (nSPS) is 11.7. The maximum absolute atomic E-state index is 5.87. The van der Waals surface area contributed by atoms with Crippen molar-refractivity contribution in [3.8, 4) is 0 Å². The van der Waals surface area contributed by atoms with E-state index in [0.29, 0.717) is 6.54 Å². The van der Waals surface area contributed by atoms with Crippen LogP contribution >= 0.6 is 0 Å². The SMILES string of the molecule is CCCN(CCC)c1nc(C(C)(C)C)ccc1CN. The second kappa shape index (κ2) is 6.90. The van der Waals surface area contributed by atoms with Crippen molar-refractivity contribution in [2.45, 2.75) is 59.4 Å². The van der Waals surface area contributed by atoms with Crippen LogP contribution in [0.5, 0.6) is 0 Å². The predicted octanol–water partition coefficient (Wildman–Crippen LogP) is 3.46. The predicted molar refractivity (Wildman–Crippen MR) is 83.6 cm³/mol. The lowest BCUT2D eigenvalue weighted by molar-refractivity contribution is 0.566. The Balaban J connectivity index is 3.19. The Hall–Kier alpha value is -1.09. The van der Waals surface area contributed by atoms with Crippen LogP contribution in [0.25, 0.3) is 0 Å². The zero-order valence-electron chi connectivity index (χ0n) is 13.2. The third-order valence-corrected chi connectivity index (χ3v) is 3.23. The van der Waals surface area contributed by atoms with Crippen molar-refractivity contribution < 1.29 is 0 Å². The van der Waals surface area contributed by atoms with Gasteiger partial charge < -0.3 is 10.6 Å². The third kappa shape index (κ3) is 4.20. The molecule has 0 amide bonds. The lowest BCUT2D eigenvalue weighted by Gasteiger charge is -2.27. The molecule has 0 bridgehead atoms. The Bertz CT molecular complexity index is 387. The first-order chi connectivity index (χ1) is 8.93. The van der Waals surface area contributed by atoms with Crippen LogP contribution in [0.4, 0.5) is 5.82 Å². The van der Waals surface area contributed by atoms with Crippen LogP contribution in [-0.4, -0.2) is 18.1 Å². The van der Waals surface area contributed by atoms with Crippen molar-refractivity contribution in [3.05, 3.63) is 23.4 Å². The summed E-state index contributed by atoms with van der Waals surface area (Å²) >= 11 is 0. The van der Waals surface area contributed by atoms with Crippen molar-refractivity contribution in [2.24, 2.45) is 5.73 Å². The molecule has 3 heteroatoms. The Kier molecular flexibility index (Phi) is 5.80. The van der Waals surface area contributed by atoms with Crippen LogP contribution in [0.15, 0.2) is 12.1 Å². The van der Waals surface area contributed by atoms with Crippen LogP contribution in [0.3, 0.4) is 0 Å². The van der Waals surface area contributed by atoms with Crippen LogP contribution in [0.2, 0.25) is 0 Å². The van der Waals surface area contributed by atoms with Gasteiger partial charge in [-0.3, -0.25) is 0 Å². The fourth-order valence-electron chi connectivity index (χ4n) is 2.19. The number of nitrogens with two attached hydrogens (primary N) is 1. The molecule has 0 unspecified atom stereocenters. The lowest BCUT2D eigenvalue weighted by Crippen LogP contribution is -2.29. The number of hydrogen-bond donors (Lipinski definition) is 1. The van der Waals surface area contributed by atoms with E-state index in [1.54, 1.807) is 0 Å². The van der Waals surface area contributed by atoms with Gasteiger partial charge in [0.25, 0.3) is 0 Å². The highest BCUT2D eigenvalue weighted by molar-refractivity contribution is 5.48. The molecule has 0 aliphatic rings. The van der Waals surface area contributed by atoms with Gasteiger partial charge in [0.2, 0.25) is 0 Å². The Labute approximate surface area is 118 Å². The van der Waals surface area contributed by atoms with Gasteiger partial charge in [0, 0.05) is 36.3 Å². The molecular weight excluding hydrogens is 234 g/mol. The fourth-order valence-corrected chi connectivity index (χ4v) is 2.19. The van der Waals surface area contributed by atoms with E-state index >= 15 is 0 Å². The molecule has 0 radical (unpaired) electrons. The molecule has 0 saturated heterocycles. The monoisotopic (exact) mass is 263 g/mol. The number of rotatable bonds is 6. The standard InChI is InChI=1S/C16H29N3/c1-6-10-19(11-7-2)15-13(12-17)8-9-14(18-15)16(3,4)5/h8-9H,6-7,10-12,17H2,1-5H3. The van der Waals surface area contributed by atoms with Gasteiger partial charge in [-0.25, -0.2) is 4.98 Å². The molecular formula is C16H29N3. The Morgan fingerprint density at radius 1 is 1.11 bits per heavy atom. The molecule has 0 atom stereocenters. The minimum absolute atomic E-state index is 0.0754. The zero-order chi connectivity index (χ0) is 14.5. The van der Waals surface area contributed by atoms with Gasteiger partial charge in [0.15, 0.2) is 0 Å². The van der Waals surface area contributed by atoms with Crippen molar-refractivity contribution >= 4 is 5.82 Å². The zero-order valence-corrected chi connectivity index (χ0v) is 13.2. The van der Waals surface area contributed by atoms with E-state index in [0.717, 1.165) is 43.0 Å². The number of nitrogens with zero attached hydrogens (tertiary/aromatic N) is 2. The van der Waals surface area contributed by atoms with Gasteiger partial charge in [-0.1, -0.05) is 40.7 Å². The summed E-state index contributed by atoms with van der Waals surface area (Å²) in [7, 11) is 0. The Morgan fingerprint density at radius 3 is 2.11 bits per heavy atom.